The van der Waals surface area contributed by atoms with Crippen LogP contribution in [0, 0.1) is 0 Å². The highest BCUT2D eigenvalue weighted by molar-refractivity contribution is 5.83. The Morgan fingerprint density at radius 2 is 2.00 bits per heavy atom. The average Bonchev–Trinajstić information content (AvgIpc) is 2.85. The molecule has 1 saturated carbocycles. The number of aromatic amines is 1. The standard InChI is InChI=1S/C14H19N3/c1-13(2,3)12-10-5-4-9(14(15)6-7-14)8-11(10)16-17-12/h4-5,8H,6-7,15H2,1-3H3,(H,16,17). The Kier molecular flexibility index (Phi) is 1.97. The molecule has 0 spiro atoms. The van der Waals surface area contributed by atoms with Gasteiger partial charge >= 0.3 is 0 Å². The van der Waals surface area contributed by atoms with Crippen LogP contribution in [0.2, 0.25) is 0 Å². The molecule has 0 aliphatic heterocycles. The first kappa shape index (κ1) is 10.8. The molecule has 3 rings (SSSR count). The predicted molar refractivity (Wildman–Crippen MR) is 69.9 cm³/mol. The summed E-state index contributed by atoms with van der Waals surface area (Å²) in [5, 5.41) is 8.78. The summed E-state index contributed by atoms with van der Waals surface area (Å²) in [7, 11) is 0. The summed E-state index contributed by atoms with van der Waals surface area (Å²) < 4.78 is 0. The van der Waals surface area contributed by atoms with Crippen LogP contribution >= 0.6 is 0 Å². The summed E-state index contributed by atoms with van der Waals surface area (Å²) >= 11 is 0. The zero-order valence-corrected chi connectivity index (χ0v) is 10.7. The number of hydrogen-bond donors (Lipinski definition) is 2. The van der Waals surface area contributed by atoms with Crippen LogP contribution in [-0.2, 0) is 11.0 Å². The molecule has 0 bridgehead atoms. The SMILES string of the molecule is CC(C)(C)c1[nH]nc2cc(C3(N)CC3)ccc12. The van der Waals surface area contributed by atoms with Crippen molar-refractivity contribution < 1.29 is 0 Å². The summed E-state index contributed by atoms with van der Waals surface area (Å²) in [6, 6.07) is 6.44. The van der Waals surface area contributed by atoms with E-state index in [4.69, 9.17) is 5.73 Å². The summed E-state index contributed by atoms with van der Waals surface area (Å²) in [5.74, 6) is 0. The van der Waals surface area contributed by atoms with Gasteiger partial charge in [0.25, 0.3) is 0 Å². The topological polar surface area (TPSA) is 54.7 Å². The van der Waals surface area contributed by atoms with E-state index in [1.165, 1.54) is 16.6 Å². The molecule has 0 unspecified atom stereocenters. The molecule has 3 N–H and O–H groups in total. The number of hydrogen-bond acceptors (Lipinski definition) is 2. The highest BCUT2D eigenvalue weighted by Crippen LogP contribution is 2.43. The minimum absolute atomic E-state index is 0.0744. The van der Waals surface area contributed by atoms with E-state index >= 15 is 0 Å². The molecule has 0 saturated heterocycles. The molecule has 0 radical (unpaired) electrons. The lowest BCUT2D eigenvalue weighted by Gasteiger charge is -2.16. The number of rotatable bonds is 1. The van der Waals surface area contributed by atoms with Gasteiger partial charge in [-0.1, -0.05) is 32.9 Å². The fourth-order valence-corrected chi connectivity index (χ4v) is 2.32. The maximum absolute atomic E-state index is 6.21. The fraction of sp³-hybridized carbons (Fsp3) is 0.500. The number of fused-ring (bicyclic) bond motifs is 1. The summed E-state index contributed by atoms with van der Waals surface area (Å²) in [4.78, 5) is 0. The molecular weight excluding hydrogens is 210 g/mol. The van der Waals surface area contributed by atoms with E-state index < -0.39 is 0 Å². The Balaban J connectivity index is 2.14. The van der Waals surface area contributed by atoms with Crippen LogP contribution in [0.4, 0.5) is 0 Å². The van der Waals surface area contributed by atoms with E-state index in [1.807, 2.05) is 0 Å². The number of benzene rings is 1. The van der Waals surface area contributed by atoms with Crippen molar-refractivity contribution in [3.8, 4) is 0 Å². The first-order valence-electron chi connectivity index (χ1n) is 6.18. The first-order chi connectivity index (χ1) is 7.90. The lowest BCUT2D eigenvalue weighted by Crippen LogP contribution is -2.18. The molecule has 2 aromatic rings. The van der Waals surface area contributed by atoms with E-state index in [-0.39, 0.29) is 11.0 Å². The second kappa shape index (κ2) is 3.10. The van der Waals surface area contributed by atoms with Gasteiger partial charge in [-0.15, -0.1) is 0 Å². The van der Waals surface area contributed by atoms with Crippen molar-refractivity contribution >= 4 is 10.9 Å². The van der Waals surface area contributed by atoms with Gasteiger partial charge in [-0.2, -0.15) is 5.10 Å². The van der Waals surface area contributed by atoms with Gasteiger partial charge in [0.15, 0.2) is 0 Å². The van der Waals surface area contributed by atoms with Crippen molar-refractivity contribution in [3.05, 3.63) is 29.5 Å². The van der Waals surface area contributed by atoms with Crippen LogP contribution in [-0.4, -0.2) is 10.2 Å². The van der Waals surface area contributed by atoms with E-state index in [2.05, 4.69) is 49.2 Å². The molecule has 1 aromatic carbocycles. The monoisotopic (exact) mass is 229 g/mol. The summed E-state index contributed by atoms with van der Waals surface area (Å²) in [6.45, 7) is 6.58. The second-order valence-electron chi connectivity index (χ2n) is 6.24. The van der Waals surface area contributed by atoms with Crippen LogP contribution in [0.25, 0.3) is 10.9 Å². The normalized spacial score (nSPS) is 18.6. The van der Waals surface area contributed by atoms with Crippen LogP contribution in [0.1, 0.15) is 44.9 Å². The maximum atomic E-state index is 6.21. The van der Waals surface area contributed by atoms with Crippen molar-refractivity contribution in [1.82, 2.24) is 10.2 Å². The van der Waals surface area contributed by atoms with Gasteiger partial charge in [0.1, 0.15) is 0 Å². The van der Waals surface area contributed by atoms with Crippen LogP contribution < -0.4 is 5.73 Å². The number of aromatic nitrogens is 2. The fourth-order valence-electron chi connectivity index (χ4n) is 2.32. The number of H-pyrrole nitrogens is 1. The van der Waals surface area contributed by atoms with Crippen LogP contribution in [0.15, 0.2) is 18.2 Å². The summed E-state index contributed by atoms with van der Waals surface area (Å²) in [5.41, 5.74) is 9.68. The van der Waals surface area contributed by atoms with Gasteiger partial charge in [0.05, 0.1) is 5.52 Å². The molecule has 1 aromatic heterocycles. The predicted octanol–water partition coefficient (Wildman–Crippen LogP) is 2.81. The number of nitrogens with zero attached hydrogens (tertiary/aromatic N) is 1. The lowest BCUT2D eigenvalue weighted by atomic mass is 9.89. The van der Waals surface area contributed by atoms with Gasteiger partial charge in [-0.05, 0) is 24.5 Å². The first-order valence-corrected chi connectivity index (χ1v) is 6.18. The van der Waals surface area contributed by atoms with E-state index in [0.29, 0.717) is 0 Å². The highest BCUT2D eigenvalue weighted by Gasteiger charge is 2.40. The molecule has 17 heavy (non-hydrogen) atoms. The Labute approximate surface area is 101 Å². The molecule has 0 amide bonds. The molecule has 90 valence electrons. The molecule has 1 fully saturated rings. The third-order valence-corrected chi connectivity index (χ3v) is 3.67. The lowest BCUT2D eigenvalue weighted by molar-refractivity contribution is 0.571. The molecule has 1 aliphatic rings. The third-order valence-electron chi connectivity index (χ3n) is 3.67. The molecule has 1 aliphatic carbocycles. The number of nitrogens with one attached hydrogen (secondary N) is 1. The Hall–Kier alpha value is -1.35. The third kappa shape index (κ3) is 1.65. The molecule has 3 nitrogen and oxygen atoms in total. The van der Waals surface area contributed by atoms with E-state index in [0.717, 1.165) is 18.4 Å². The van der Waals surface area contributed by atoms with Gasteiger partial charge in [-0.3, -0.25) is 5.10 Å². The molecular formula is C14H19N3. The summed E-state index contributed by atoms with van der Waals surface area (Å²) in [6.07, 6.45) is 2.18. The number of nitrogens with two attached hydrogens (primary N) is 1. The molecule has 3 heteroatoms. The highest BCUT2D eigenvalue weighted by atomic mass is 15.1. The second-order valence-corrected chi connectivity index (χ2v) is 6.24. The van der Waals surface area contributed by atoms with Crippen LogP contribution in [0.5, 0.6) is 0 Å². The van der Waals surface area contributed by atoms with Crippen molar-refractivity contribution in [3.63, 3.8) is 0 Å². The largest absolute Gasteiger partial charge is 0.321 e. The minimum Gasteiger partial charge on any atom is -0.321 e. The van der Waals surface area contributed by atoms with Gasteiger partial charge in [-0.25, -0.2) is 0 Å². The smallest absolute Gasteiger partial charge is 0.0927 e. The zero-order valence-electron chi connectivity index (χ0n) is 10.7. The average molecular weight is 229 g/mol. The van der Waals surface area contributed by atoms with Crippen molar-refractivity contribution in [2.45, 2.75) is 44.6 Å². The van der Waals surface area contributed by atoms with Gasteiger partial charge < -0.3 is 5.73 Å². The van der Waals surface area contributed by atoms with Crippen molar-refractivity contribution in [1.29, 1.82) is 0 Å². The Bertz CT molecular complexity index is 571. The van der Waals surface area contributed by atoms with Crippen molar-refractivity contribution in [2.75, 3.05) is 0 Å². The maximum Gasteiger partial charge on any atom is 0.0927 e. The quantitative estimate of drug-likeness (QED) is 0.790. The molecule has 0 atom stereocenters. The van der Waals surface area contributed by atoms with Gasteiger partial charge in [0, 0.05) is 22.0 Å². The minimum atomic E-state index is -0.0744. The van der Waals surface area contributed by atoms with Gasteiger partial charge in [0.2, 0.25) is 0 Å². The Morgan fingerprint density at radius 1 is 1.29 bits per heavy atom. The zero-order chi connectivity index (χ0) is 12.3. The Morgan fingerprint density at radius 3 is 2.59 bits per heavy atom. The van der Waals surface area contributed by atoms with E-state index in [9.17, 15) is 0 Å². The van der Waals surface area contributed by atoms with E-state index in [1.54, 1.807) is 0 Å². The van der Waals surface area contributed by atoms with Crippen molar-refractivity contribution in [2.24, 2.45) is 5.73 Å². The molecule has 1 heterocycles. The van der Waals surface area contributed by atoms with Crippen LogP contribution in [0.3, 0.4) is 0 Å².